The second-order valence-corrected chi connectivity index (χ2v) is 7.36. The van der Waals surface area contributed by atoms with Crippen LogP contribution in [0.1, 0.15) is 21.5 Å². The molecule has 3 aromatic carbocycles. The fraction of sp³-hybridized carbons (Fsp3) is 0.120. The SMILES string of the molecule is COc1cc(C=CC(=O)NCc2cccc(NC(=O)c3ccc(F)cc3)c2)cc(Cl)c1OC. The third kappa shape index (κ3) is 6.57. The van der Waals surface area contributed by atoms with Crippen LogP contribution in [0.4, 0.5) is 10.1 Å². The van der Waals surface area contributed by atoms with E-state index in [0.29, 0.717) is 33.3 Å². The molecule has 0 spiro atoms. The van der Waals surface area contributed by atoms with Crippen molar-refractivity contribution < 1.29 is 23.5 Å². The van der Waals surface area contributed by atoms with Gasteiger partial charge < -0.3 is 20.1 Å². The largest absolute Gasteiger partial charge is 0.493 e. The van der Waals surface area contributed by atoms with Gasteiger partial charge in [-0.2, -0.15) is 0 Å². The minimum absolute atomic E-state index is 0.260. The number of anilines is 1. The van der Waals surface area contributed by atoms with E-state index in [9.17, 15) is 14.0 Å². The summed E-state index contributed by atoms with van der Waals surface area (Å²) in [5.74, 6) is -0.182. The maximum atomic E-state index is 13.0. The van der Waals surface area contributed by atoms with Crippen molar-refractivity contribution >= 4 is 35.2 Å². The number of hydrogen-bond acceptors (Lipinski definition) is 4. The summed E-state index contributed by atoms with van der Waals surface area (Å²) in [4.78, 5) is 24.5. The summed E-state index contributed by atoms with van der Waals surface area (Å²) >= 11 is 6.18. The zero-order chi connectivity index (χ0) is 23.8. The molecule has 0 saturated heterocycles. The quantitative estimate of drug-likeness (QED) is 0.452. The second-order valence-electron chi connectivity index (χ2n) is 6.95. The van der Waals surface area contributed by atoms with Gasteiger partial charge in [0.05, 0.1) is 19.2 Å². The molecule has 0 atom stereocenters. The number of hydrogen-bond donors (Lipinski definition) is 2. The summed E-state index contributed by atoms with van der Waals surface area (Å²) in [7, 11) is 3.00. The highest BCUT2D eigenvalue weighted by Gasteiger charge is 2.10. The Bertz CT molecular complexity index is 1180. The Balaban J connectivity index is 1.59. The number of methoxy groups -OCH3 is 2. The first kappa shape index (κ1) is 23.8. The third-order valence-corrected chi connectivity index (χ3v) is 4.92. The van der Waals surface area contributed by atoms with Crippen LogP contribution in [0.5, 0.6) is 11.5 Å². The molecule has 0 saturated carbocycles. The van der Waals surface area contributed by atoms with E-state index >= 15 is 0 Å². The highest BCUT2D eigenvalue weighted by atomic mass is 35.5. The number of nitrogens with one attached hydrogen (secondary N) is 2. The van der Waals surface area contributed by atoms with Crippen LogP contribution in [0, 0.1) is 5.82 Å². The van der Waals surface area contributed by atoms with Crippen molar-refractivity contribution in [1.29, 1.82) is 0 Å². The molecule has 0 aromatic heterocycles. The van der Waals surface area contributed by atoms with Crippen LogP contribution < -0.4 is 20.1 Å². The van der Waals surface area contributed by atoms with Gasteiger partial charge >= 0.3 is 0 Å². The van der Waals surface area contributed by atoms with Crippen molar-refractivity contribution in [2.24, 2.45) is 0 Å². The van der Waals surface area contributed by atoms with E-state index in [2.05, 4.69) is 10.6 Å². The van der Waals surface area contributed by atoms with Crippen molar-refractivity contribution in [3.05, 3.63) is 94.3 Å². The molecular formula is C25H22ClFN2O4. The molecule has 6 nitrogen and oxygen atoms in total. The lowest BCUT2D eigenvalue weighted by atomic mass is 10.1. The Kier molecular flexibility index (Phi) is 8.05. The lowest BCUT2D eigenvalue weighted by Gasteiger charge is -2.10. The first-order valence-corrected chi connectivity index (χ1v) is 10.3. The molecular weight excluding hydrogens is 447 g/mol. The molecule has 33 heavy (non-hydrogen) atoms. The average molecular weight is 469 g/mol. The Morgan fingerprint density at radius 3 is 2.48 bits per heavy atom. The topological polar surface area (TPSA) is 76.7 Å². The minimum Gasteiger partial charge on any atom is -0.493 e. The maximum Gasteiger partial charge on any atom is 0.255 e. The molecule has 0 aliphatic rings. The Morgan fingerprint density at radius 1 is 1.03 bits per heavy atom. The van der Waals surface area contributed by atoms with Crippen molar-refractivity contribution in [2.45, 2.75) is 6.54 Å². The number of ether oxygens (including phenoxy) is 2. The molecule has 0 bridgehead atoms. The van der Waals surface area contributed by atoms with Gasteiger partial charge in [0, 0.05) is 23.9 Å². The Hall–Kier alpha value is -3.84. The normalized spacial score (nSPS) is 10.7. The first-order valence-electron chi connectivity index (χ1n) is 9.93. The van der Waals surface area contributed by atoms with Gasteiger partial charge in [0.1, 0.15) is 5.82 Å². The van der Waals surface area contributed by atoms with Crippen LogP contribution in [0.25, 0.3) is 6.08 Å². The first-order chi connectivity index (χ1) is 15.9. The Labute approximate surface area is 196 Å². The number of amides is 2. The summed E-state index contributed by atoms with van der Waals surface area (Å²) in [6.07, 6.45) is 3.00. The smallest absolute Gasteiger partial charge is 0.255 e. The molecule has 0 aliphatic carbocycles. The fourth-order valence-electron chi connectivity index (χ4n) is 3.02. The maximum absolute atomic E-state index is 13.0. The molecule has 0 fully saturated rings. The lowest BCUT2D eigenvalue weighted by Crippen LogP contribution is -2.20. The van der Waals surface area contributed by atoms with Gasteiger partial charge in [-0.3, -0.25) is 9.59 Å². The van der Waals surface area contributed by atoms with E-state index < -0.39 is 5.82 Å². The van der Waals surface area contributed by atoms with Crippen LogP contribution in [0.3, 0.4) is 0 Å². The molecule has 3 rings (SSSR count). The zero-order valence-electron chi connectivity index (χ0n) is 18.0. The summed E-state index contributed by atoms with van der Waals surface area (Å²) in [6, 6.07) is 15.7. The summed E-state index contributed by atoms with van der Waals surface area (Å²) in [6.45, 7) is 0.260. The van der Waals surface area contributed by atoms with E-state index in [1.807, 2.05) is 6.07 Å². The number of carbonyl (C=O) groups excluding carboxylic acids is 2. The standard InChI is InChI=1S/C25H22ClFN2O4/c1-32-22-14-16(13-21(26)24(22)33-2)6-11-23(30)28-15-17-4-3-5-20(12-17)29-25(31)18-7-9-19(27)10-8-18/h3-14H,15H2,1-2H3,(H,28,30)(H,29,31). The predicted molar refractivity (Wildman–Crippen MR) is 126 cm³/mol. The molecule has 0 heterocycles. The van der Waals surface area contributed by atoms with E-state index in [-0.39, 0.29) is 18.4 Å². The predicted octanol–water partition coefficient (Wildman–Crippen LogP) is 5.08. The number of carbonyl (C=O) groups is 2. The molecule has 2 N–H and O–H groups in total. The van der Waals surface area contributed by atoms with Crippen LogP contribution >= 0.6 is 11.6 Å². The van der Waals surface area contributed by atoms with Gasteiger partial charge in [0.15, 0.2) is 11.5 Å². The fourth-order valence-corrected chi connectivity index (χ4v) is 3.31. The molecule has 0 radical (unpaired) electrons. The van der Waals surface area contributed by atoms with E-state index in [4.69, 9.17) is 21.1 Å². The van der Waals surface area contributed by atoms with Gasteiger partial charge in [0.25, 0.3) is 5.91 Å². The van der Waals surface area contributed by atoms with Crippen LogP contribution in [0.2, 0.25) is 5.02 Å². The molecule has 3 aromatic rings. The Morgan fingerprint density at radius 2 is 1.79 bits per heavy atom. The van der Waals surface area contributed by atoms with E-state index in [1.165, 1.54) is 44.6 Å². The van der Waals surface area contributed by atoms with Gasteiger partial charge in [-0.25, -0.2) is 4.39 Å². The number of halogens is 2. The summed E-state index contributed by atoms with van der Waals surface area (Å²) in [5.41, 5.74) is 2.38. The van der Waals surface area contributed by atoms with Gasteiger partial charge in [-0.1, -0.05) is 23.7 Å². The van der Waals surface area contributed by atoms with Gasteiger partial charge in [-0.05, 0) is 65.7 Å². The monoisotopic (exact) mass is 468 g/mol. The number of rotatable bonds is 8. The van der Waals surface area contributed by atoms with Gasteiger partial charge in [-0.15, -0.1) is 0 Å². The second kappa shape index (κ2) is 11.2. The average Bonchev–Trinajstić information content (AvgIpc) is 2.81. The summed E-state index contributed by atoms with van der Waals surface area (Å²) < 4.78 is 23.5. The molecule has 0 unspecified atom stereocenters. The van der Waals surface area contributed by atoms with Crippen molar-refractivity contribution in [1.82, 2.24) is 5.32 Å². The lowest BCUT2D eigenvalue weighted by molar-refractivity contribution is -0.116. The van der Waals surface area contributed by atoms with Gasteiger partial charge in [0.2, 0.25) is 5.91 Å². The molecule has 2 amide bonds. The van der Waals surface area contributed by atoms with E-state index in [0.717, 1.165) is 5.56 Å². The van der Waals surface area contributed by atoms with E-state index in [1.54, 1.807) is 36.4 Å². The number of benzene rings is 3. The van der Waals surface area contributed by atoms with Crippen LogP contribution in [0.15, 0.2) is 66.7 Å². The highest BCUT2D eigenvalue weighted by Crippen LogP contribution is 2.36. The van der Waals surface area contributed by atoms with Crippen molar-refractivity contribution in [2.75, 3.05) is 19.5 Å². The third-order valence-electron chi connectivity index (χ3n) is 4.64. The molecule has 8 heteroatoms. The van der Waals surface area contributed by atoms with Crippen molar-refractivity contribution in [3.8, 4) is 11.5 Å². The van der Waals surface area contributed by atoms with Crippen LogP contribution in [-0.2, 0) is 11.3 Å². The molecule has 0 aliphatic heterocycles. The van der Waals surface area contributed by atoms with Crippen molar-refractivity contribution in [3.63, 3.8) is 0 Å². The van der Waals surface area contributed by atoms with Crippen LogP contribution in [-0.4, -0.2) is 26.0 Å². The zero-order valence-corrected chi connectivity index (χ0v) is 18.8. The highest BCUT2D eigenvalue weighted by molar-refractivity contribution is 6.32. The molecule has 170 valence electrons. The summed E-state index contributed by atoms with van der Waals surface area (Å²) in [5, 5.41) is 5.91. The minimum atomic E-state index is -0.410.